The van der Waals surface area contributed by atoms with E-state index in [1.54, 1.807) is 35.1 Å². The third kappa shape index (κ3) is 4.08. The molecule has 178 valence electrons. The molecule has 2 aromatic heterocycles. The van der Waals surface area contributed by atoms with Crippen molar-refractivity contribution in [1.82, 2.24) is 20.0 Å². The van der Waals surface area contributed by atoms with Gasteiger partial charge in [-0.25, -0.2) is 0 Å². The van der Waals surface area contributed by atoms with Crippen molar-refractivity contribution in [2.45, 2.75) is 63.7 Å². The van der Waals surface area contributed by atoms with Crippen LogP contribution in [-0.4, -0.2) is 45.2 Å². The van der Waals surface area contributed by atoms with Crippen LogP contribution in [0.25, 0.3) is 11.3 Å². The Kier molecular flexibility index (Phi) is 5.89. The fourth-order valence-corrected chi connectivity index (χ4v) is 4.94. The van der Waals surface area contributed by atoms with E-state index in [4.69, 9.17) is 14.3 Å². The van der Waals surface area contributed by atoms with Crippen LogP contribution in [0.5, 0.6) is 5.75 Å². The molecule has 0 spiro atoms. The summed E-state index contributed by atoms with van der Waals surface area (Å²) in [6.07, 6.45) is 6.97. The number of nitrogens with zero attached hydrogens (tertiary/aromatic N) is 3. The Labute approximate surface area is 198 Å². The predicted octanol–water partition coefficient (Wildman–Crippen LogP) is 4.02. The molecule has 3 heterocycles. The lowest BCUT2D eigenvalue weighted by Gasteiger charge is -2.43. The van der Waals surface area contributed by atoms with E-state index in [0.29, 0.717) is 17.1 Å². The van der Waals surface area contributed by atoms with Gasteiger partial charge in [0.1, 0.15) is 22.7 Å². The molecule has 1 atom stereocenters. The van der Waals surface area contributed by atoms with Gasteiger partial charge in [-0.15, -0.1) is 0 Å². The van der Waals surface area contributed by atoms with Gasteiger partial charge in [0.15, 0.2) is 0 Å². The number of nitrogens with one attached hydrogen (secondary N) is 1. The normalized spacial score (nSPS) is 20.8. The summed E-state index contributed by atoms with van der Waals surface area (Å²) < 4.78 is 12.4. The molecule has 5 rings (SSSR count). The predicted molar refractivity (Wildman–Crippen MR) is 126 cm³/mol. The fourth-order valence-electron chi connectivity index (χ4n) is 4.94. The molecule has 1 saturated carbocycles. The highest BCUT2D eigenvalue weighted by Crippen LogP contribution is 2.32. The lowest BCUT2D eigenvalue weighted by molar-refractivity contribution is -0.134. The Morgan fingerprint density at radius 3 is 2.65 bits per heavy atom. The second-order valence-electron chi connectivity index (χ2n) is 9.35. The number of methoxy groups -OCH3 is 1. The summed E-state index contributed by atoms with van der Waals surface area (Å²) >= 11 is 0. The van der Waals surface area contributed by atoms with Crippen LogP contribution in [0.15, 0.2) is 53.1 Å². The molecule has 0 unspecified atom stereocenters. The SMILES string of the molecule is COc1ccc(-c2cc3n(n2)C[C@@](C)(C(=O)NC2CCCCC2)N(Cc2ccco2)C3=O)cc1. The van der Waals surface area contributed by atoms with Crippen LogP contribution in [0, 0.1) is 0 Å². The van der Waals surface area contributed by atoms with Crippen LogP contribution in [0.1, 0.15) is 55.3 Å². The lowest BCUT2D eigenvalue weighted by atomic mass is 9.91. The molecule has 2 aliphatic rings. The van der Waals surface area contributed by atoms with Crippen molar-refractivity contribution in [1.29, 1.82) is 0 Å². The van der Waals surface area contributed by atoms with Gasteiger partial charge in [0.2, 0.25) is 5.91 Å². The third-order valence-corrected chi connectivity index (χ3v) is 7.01. The molecule has 1 N–H and O–H groups in total. The van der Waals surface area contributed by atoms with Crippen molar-refractivity contribution in [3.8, 4) is 17.0 Å². The maximum atomic E-state index is 13.7. The van der Waals surface area contributed by atoms with Crippen molar-refractivity contribution in [3.63, 3.8) is 0 Å². The molecule has 1 aromatic carbocycles. The van der Waals surface area contributed by atoms with E-state index in [9.17, 15) is 9.59 Å². The zero-order valence-corrected chi connectivity index (χ0v) is 19.6. The molecule has 1 aliphatic heterocycles. The first-order valence-corrected chi connectivity index (χ1v) is 11.9. The Morgan fingerprint density at radius 2 is 1.97 bits per heavy atom. The second kappa shape index (κ2) is 9.00. The zero-order chi connectivity index (χ0) is 23.7. The smallest absolute Gasteiger partial charge is 0.273 e. The first kappa shape index (κ1) is 22.3. The van der Waals surface area contributed by atoms with Crippen molar-refractivity contribution in [2.24, 2.45) is 0 Å². The summed E-state index contributed by atoms with van der Waals surface area (Å²) in [5.41, 5.74) is 0.917. The summed E-state index contributed by atoms with van der Waals surface area (Å²) in [5, 5.41) is 7.93. The topological polar surface area (TPSA) is 89.6 Å². The number of hydrogen-bond acceptors (Lipinski definition) is 5. The molecule has 2 amide bonds. The number of rotatable bonds is 6. The first-order chi connectivity index (χ1) is 16.5. The summed E-state index contributed by atoms with van der Waals surface area (Å²) in [6, 6.07) is 13.1. The minimum absolute atomic E-state index is 0.146. The Morgan fingerprint density at radius 1 is 1.21 bits per heavy atom. The van der Waals surface area contributed by atoms with Gasteiger partial charge < -0.3 is 19.4 Å². The summed E-state index contributed by atoms with van der Waals surface area (Å²) in [5.74, 6) is 0.997. The standard InChI is InChI=1S/C26H30N4O4/c1-26(25(32)27-19-7-4-3-5-8-19)17-30-23(24(31)29(26)16-21-9-6-14-34-21)15-22(28-30)18-10-12-20(33-2)13-11-18/h6,9-15,19H,3-5,7-8,16-17H2,1-2H3,(H,27,32)/t26-/m0/s1. The minimum atomic E-state index is -1.10. The highest BCUT2D eigenvalue weighted by molar-refractivity contribution is 6.00. The van der Waals surface area contributed by atoms with Gasteiger partial charge in [-0.2, -0.15) is 5.10 Å². The molecule has 8 nitrogen and oxygen atoms in total. The molecule has 0 saturated heterocycles. The van der Waals surface area contributed by atoms with Crippen LogP contribution in [0.3, 0.4) is 0 Å². The van der Waals surface area contributed by atoms with E-state index in [1.165, 1.54) is 6.42 Å². The van der Waals surface area contributed by atoms with Gasteiger partial charge in [-0.3, -0.25) is 14.3 Å². The van der Waals surface area contributed by atoms with Crippen molar-refractivity contribution in [3.05, 3.63) is 60.2 Å². The van der Waals surface area contributed by atoms with E-state index in [2.05, 4.69) is 5.32 Å². The molecular formula is C26H30N4O4. The molecule has 0 radical (unpaired) electrons. The monoisotopic (exact) mass is 462 g/mol. The number of amides is 2. The van der Waals surface area contributed by atoms with Gasteiger partial charge in [-0.1, -0.05) is 19.3 Å². The number of carbonyl (C=O) groups excluding carboxylic acids is 2. The Bertz CT molecular complexity index is 1160. The molecule has 1 aliphatic carbocycles. The number of carbonyl (C=O) groups is 2. The third-order valence-electron chi connectivity index (χ3n) is 7.01. The molecule has 0 bridgehead atoms. The van der Waals surface area contributed by atoms with E-state index in [0.717, 1.165) is 37.0 Å². The minimum Gasteiger partial charge on any atom is -0.497 e. The molecule has 8 heteroatoms. The summed E-state index contributed by atoms with van der Waals surface area (Å²) in [6.45, 7) is 2.30. The summed E-state index contributed by atoms with van der Waals surface area (Å²) in [7, 11) is 1.62. The van der Waals surface area contributed by atoms with Crippen LogP contribution in [0.2, 0.25) is 0 Å². The zero-order valence-electron chi connectivity index (χ0n) is 19.6. The summed E-state index contributed by atoms with van der Waals surface area (Å²) in [4.78, 5) is 29.0. The highest BCUT2D eigenvalue weighted by atomic mass is 16.5. The van der Waals surface area contributed by atoms with Crippen LogP contribution in [-0.2, 0) is 17.9 Å². The number of ether oxygens (including phenoxy) is 1. The van der Waals surface area contributed by atoms with E-state index >= 15 is 0 Å². The van der Waals surface area contributed by atoms with Crippen LogP contribution < -0.4 is 10.1 Å². The number of benzene rings is 1. The average Bonchev–Trinajstić information content (AvgIpc) is 3.52. The second-order valence-corrected chi connectivity index (χ2v) is 9.35. The largest absolute Gasteiger partial charge is 0.497 e. The van der Waals surface area contributed by atoms with Gasteiger partial charge in [0.05, 0.1) is 32.2 Å². The van der Waals surface area contributed by atoms with Crippen molar-refractivity contribution in [2.75, 3.05) is 7.11 Å². The average molecular weight is 463 g/mol. The first-order valence-electron chi connectivity index (χ1n) is 11.9. The van der Waals surface area contributed by atoms with Crippen molar-refractivity contribution >= 4 is 11.8 Å². The highest BCUT2D eigenvalue weighted by Gasteiger charge is 2.48. The van der Waals surface area contributed by atoms with Crippen LogP contribution in [0.4, 0.5) is 0 Å². The number of fused-ring (bicyclic) bond motifs is 1. The maximum absolute atomic E-state index is 13.7. The Hall–Kier alpha value is -3.55. The van der Waals surface area contributed by atoms with Gasteiger partial charge in [0, 0.05) is 11.6 Å². The van der Waals surface area contributed by atoms with Gasteiger partial charge in [0.25, 0.3) is 5.91 Å². The number of aromatic nitrogens is 2. The maximum Gasteiger partial charge on any atom is 0.273 e. The molecule has 34 heavy (non-hydrogen) atoms. The Balaban J connectivity index is 1.48. The van der Waals surface area contributed by atoms with E-state index < -0.39 is 5.54 Å². The van der Waals surface area contributed by atoms with Gasteiger partial charge in [-0.05, 0) is 62.2 Å². The molecular weight excluding hydrogens is 432 g/mol. The molecule has 1 fully saturated rings. The quantitative estimate of drug-likeness (QED) is 0.598. The lowest BCUT2D eigenvalue weighted by Crippen LogP contribution is -2.64. The van der Waals surface area contributed by atoms with E-state index in [1.807, 2.05) is 37.3 Å². The van der Waals surface area contributed by atoms with Gasteiger partial charge >= 0.3 is 0 Å². The number of furan rings is 1. The fraction of sp³-hybridized carbons (Fsp3) is 0.423. The number of hydrogen-bond donors (Lipinski definition) is 1. The van der Waals surface area contributed by atoms with E-state index in [-0.39, 0.29) is 30.9 Å². The molecule has 3 aromatic rings. The van der Waals surface area contributed by atoms with Crippen molar-refractivity contribution < 1.29 is 18.7 Å². The van der Waals surface area contributed by atoms with Crippen LogP contribution >= 0.6 is 0 Å².